The Balaban J connectivity index is 1.98. The summed E-state index contributed by atoms with van der Waals surface area (Å²) >= 11 is 3.21. The van der Waals surface area contributed by atoms with E-state index in [-0.39, 0.29) is 12.3 Å². The van der Waals surface area contributed by atoms with Gasteiger partial charge in [-0.3, -0.25) is 9.59 Å². The summed E-state index contributed by atoms with van der Waals surface area (Å²) < 4.78 is 0.668. The quantitative estimate of drug-likeness (QED) is 0.813. The predicted molar refractivity (Wildman–Crippen MR) is 82.3 cm³/mol. The number of anilines is 1. The third kappa shape index (κ3) is 4.68. The first-order valence-corrected chi connectivity index (χ1v) is 7.07. The highest BCUT2D eigenvalue weighted by Crippen LogP contribution is 2.13. The summed E-state index contributed by atoms with van der Waals surface area (Å²) in [6.07, 6.45) is 2.05. The van der Waals surface area contributed by atoms with E-state index in [0.717, 1.165) is 5.56 Å². The zero-order valence-electron chi connectivity index (χ0n) is 11.0. The topological polar surface area (TPSA) is 79.3 Å². The first-order valence-electron chi connectivity index (χ1n) is 6.28. The molecule has 1 aromatic heterocycles. The number of aromatic nitrogens is 1. The third-order valence-corrected chi connectivity index (χ3v) is 3.30. The van der Waals surface area contributed by atoms with Crippen LogP contribution in [0.15, 0.2) is 47.2 Å². The number of carboxylic acids is 1. The number of carbonyl (C=O) groups is 2. The summed E-state index contributed by atoms with van der Waals surface area (Å²) in [7, 11) is 0. The average Bonchev–Trinajstić information content (AvgIpc) is 2.47. The van der Waals surface area contributed by atoms with Crippen molar-refractivity contribution in [3.8, 4) is 0 Å². The van der Waals surface area contributed by atoms with E-state index in [4.69, 9.17) is 5.11 Å². The number of hydrogen-bond acceptors (Lipinski definition) is 3. The number of benzene rings is 1. The number of nitrogens with zero attached hydrogens (tertiary/aromatic N) is 1. The van der Waals surface area contributed by atoms with E-state index in [9.17, 15) is 9.59 Å². The third-order valence-electron chi connectivity index (χ3n) is 2.83. The number of hydrogen-bond donors (Lipinski definition) is 2. The molecule has 0 atom stereocenters. The highest BCUT2D eigenvalue weighted by atomic mass is 79.9. The Labute approximate surface area is 130 Å². The van der Waals surface area contributed by atoms with Gasteiger partial charge in [0.2, 0.25) is 0 Å². The van der Waals surface area contributed by atoms with Crippen LogP contribution in [0.1, 0.15) is 22.3 Å². The lowest BCUT2D eigenvalue weighted by atomic mass is 10.1. The Hall–Kier alpha value is -2.21. The highest BCUT2D eigenvalue weighted by molar-refractivity contribution is 9.10. The summed E-state index contributed by atoms with van der Waals surface area (Å²) in [5, 5.41) is 11.4. The van der Waals surface area contributed by atoms with Crippen molar-refractivity contribution in [1.29, 1.82) is 0 Å². The van der Waals surface area contributed by atoms with E-state index in [1.165, 1.54) is 6.20 Å². The number of halogens is 1. The Morgan fingerprint density at radius 2 is 1.86 bits per heavy atom. The molecule has 0 aliphatic carbocycles. The number of nitrogens with one attached hydrogen (secondary N) is 1. The molecule has 0 bridgehead atoms. The molecular formula is C15H13BrN2O3. The molecule has 6 heteroatoms. The molecule has 1 heterocycles. The second-order valence-corrected chi connectivity index (χ2v) is 5.23. The lowest BCUT2D eigenvalue weighted by molar-refractivity contribution is -0.136. The molecule has 108 valence electrons. The van der Waals surface area contributed by atoms with Gasteiger partial charge in [0.1, 0.15) is 4.60 Å². The number of carboxylic acid groups (broad SMARTS) is 1. The molecule has 2 rings (SSSR count). The fourth-order valence-electron chi connectivity index (χ4n) is 1.72. The van der Waals surface area contributed by atoms with Crippen LogP contribution in [0, 0.1) is 0 Å². The molecule has 5 nitrogen and oxygen atoms in total. The van der Waals surface area contributed by atoms with E-state index in [0.29, 0.717) is 22.3 Å². The van der Waals surface area contributed by atoms with Gasteiger partial charge in [0, 0.05) is 18.3 Å². The SMILES string of the molecule is O=C(O)CCc1ccc(NC(=O)c2ccc(Br)nc2)cc1. The van der Waals surface area contributed by atoms with Crippen molar-refractivity contribution in [2.75, 3.05) is 5.32 Å². The summed E-state index contributed by atoms with van der Waals surface area (Å²) in [6, 6.07) is 10.5. The van der Waals surface area contributed by atoms with Gasteiger partial charge in [-0.2, -0.15) is 0 Å². The molecule has 0 saturated carbocycles. The maximum absolute atomic E-state index is 12.0. The van der Waals surface area contributed by atoms with Crippen molar-refractivity contribution in [2.45, 2.75) is 12.8 Å². The van der Waals surface area contributed by atoms with Crippen molar-refractivity contribution in [1.82, 2.24) is 4.98 Å². The highest BCUT2D eigenvalue weighted by Gasteiger charge is 2.06. The van der Waals surface area contributed by atoms with Crippen LogP contribution in [-0.2, 0) is 11.2 Å². The molecule has 0 aliphatic rings. The van der Waals surface area contributed by atoms with Crippen LogP contribution in [0.5, 0.6) is 0 Å². The lowest BCUT2D eigenvalue weighted by Crippen LogP contribution is -2.12. The number of rotatable bonds is 5. The van der Waals surface area contributed by atoms with Gasteiger partial charge in [-0.1, -0.05) is 12.1 Å². The zero-order chi connectivity index (χ0) is 15.2. The minimum Gasteiger partial charge on any atom is -0.481 e. The minimum absolute atomic E-state index is 0.0935. The number of aliphatic carboxylic acids is 1. The summed E-state index contributed by atoms with van der Waals surface area (Å²) in [6.45, 7) is 0. The molecule has 0 spiro atoms. The van der Waals surface area contributed by atoms with Gasteiger partial charge in [0.05, 0.1) is 5.56 Å². The first-order chi connectivity index (χ1) is 10.0. The van der Waals surface area contributed by atoms with Gasteiger partial charge in [0.25, 0.3) is 5.91 Å². The fourth-order valence-corrected chi connectivity index (χ4v) is 1.95. The monoisotopic (exact) mass is 348 g/mol. The van der Waals surface area contributed by atoms with Crippen molar-refractivity contribution < 1.29 is 14.7 Å². The van der Waals surface area contributed by atoms with Crippen LogP contribution in [0.2, 0.25) is 0 Å². The van der Waals surface area contributed by atoms with Crippen molar-refractivity contribution in [3.63, 3.8) is 0 Å². The van der Waals surface area contributed by atoms with Crippen LogP contribution in [0.25, 0.3) is 0 Å². The maximum atomic E-state index is 12.0. The lowest BCUT2D eigenvalue weighted by Gasteiger charge is -2.06. The van der Waals surface area contributed by atoms with Crippen LogP contribution >= 0.6 is 15.9 Å². The molecule has 1 aromatic carbocycles. The molecule has 21 heavy (non-hydrogen) atoms. The van der Waals surface area contributed by atoms with Gasteiger partial charge < -0.3 is 10.4 Å². The Morgan fingerprint density at radius 3 is 2.43 bits per heavy atom. The Kier molecular flexibility index (Phi) is 5.05. The molecule has 1 amide bonds. The van der Waals surface area contributed by atoms with Crippen LogP contribution in [-0.4, -0.2) is 22.0 Å². The van der Waals surface area contributed by atoms with Crippen LogP contribution < -0.4 is 5.32 Å². The Morgan fingerprint density at radius 1 is 1.14 bits per heavy atom. The zero-order valence-corrected chi connectivity index (χ0v) is 12.6. The molecule has 2 aromatic rings. The maximum Gasteiger partial charge on any atom is 0.303 e. The number of pyridine rings is 1. The largest absolute Gasteiger partial charge is 0.481 e. The standard InChI is InChI=1S/C15H13BrN2O3/c16-13-7-4-11(9-17-13)15(21)18-12-5-1-10(2-6-12)3-8-14(19)20/h1-2,4-7,9H,3,8H2,(H,18,21)(H,19,20). The van der Waals surface area contributed by atoms with E-state index in [1.54, 1.807) is 36.4 Å². The second-order valence-electron chi connectivity index (χ2n) is 4.41. The average molecular weight is 349 g/mol. The molecule has 0 radical (unpaired) electrons. The summed E-state index contributed by atoms with van der Waals surface area (Å²) in [4.78, 5) is 26.5. The van der Waals surface area contributed by atoms with Gasteiger partial charge in [-0.15, -0.1) is 0 Å². The van der Waals surface area contributed by atoms with E-state index in [2.05, 4.69) is 26.2 Å². The van der Waals surface area contributed by atoms with Gasteiger partial charge in [0.15, 0.2) is 0 Å². The summed E-state index contributed by atoms with van der Waals surface area (Å²) in [5.74, 6) is -1.07. The minimum atomic E-state index is -0.824. The second kappa shape index (κ2) is 6.99. The predicted octanol–water partition coefficient (Wildman–Crippen LogP) is 3.11. The number of carbonyl (C=O) groups excluding carboxylic acids is 1. The fraction of sp³-hybridized carbons (Fsp3) is 0.133. The first kappa shape index (κ1) is 15.2. The van der Waals surface area contributed by atoms with Crippen molar-refractivity contribution >= 4 is 33.5 Å². The molecule has 0 saturated heterocycles. The van der Waals surface area contributed by atoms with Crippen LogP contribution in [0.4, 0.5) is 5.69 Å². The van der Waals surface area contributed by atoms with Gasteiger partial charge >= 0.3 is 5.97 Å². The normalized spacial score (nSPS) is 10.1. The Bertz CT molecular complexity index is 639. The molecule has 2 N–H and O–H groups in total. The molecule has 0 fully saturated rings. The molecule has 0 aliphatic heterocycles. The summed E-state index contributed by atoms with van der Waals surface area (Å²) in [5.41, 5.74) is 2.04. The molecular weight excluding hydrogens is 336 g/mol. The van der Waals surface area contributed by atoms with Gasteiger partial charge in [-0.25, -0.2) is 4.98 Å². The van der Waals surface area contributed by atoms with E-state index < -0.39 is 5.97 Å². The van der Waals surface area contributed by atoms with E-state index >= 15 is 0 Å². The van der Waals surface area contributed by atoms with E-state index in [1.807, 2.05) is 0 Å². The smallest absolute Gasteiger partial charge is 0.303 e. The van der Waals surface area contributed by atoms with Gasteiger partial charge in [-0.05, 0) is 52.2 Å². The van der Waals surface area contributed by atoms with Crippen molar-refractivity contribution in [3.05, 3.63) is 58.3 Å². The number of amides is 1. The number of aryl methyl sites for hydroxylation is 1. The molecule has 0 unspecified atom stereocenters. The van der Waals surface area contributed by atoms with Crippen LogP contribution in [0.3, 0.4) is 0 Å². The van der Waals surface area contributed by atoms with Crippen molar-refractivity contribution in [2.24, 2.45) is 0 Å².